The van der Waals surface area contributed by atoms with Crippen molar-refractivity contribution >= 4 is 5.69 Å². The number of nitrogens with one attached hydrogen (secondary N) is 1. The summed E-state index contributed by atoms with van der Waals surface area (Å²) in [5.41, 5.74) is 3.39. The highest BCUT2D eigenvalue weighted by molar-refractivity contribution is 5.60. The lowest BCUT2D eigenvalue weighted by atomic mass is 10.0. The zero-order valence-corrected chi connectivity index (χ0v) is 12.0. The maximum Gasteiger partial charge on any atom is 0.103 e. The van der Waals surface area contributed by atoms with Gasteiger partial charge in [0.2, 0.25) is 0 Å². The summed E-state index contributed by atoms with van der Waals surface area (Å²) in [4.78, 5) is 6.81. The number of nitriles is 1. The van der Waals surface area contributed by atoms with Gasteiger partial charge in [-0.3, -0.25) is 4.98 Å². The number of likely N-dealkylation sites (tertiary alicyclic amines) is 1. The average Bonchev–Trinajstić information content (AvgIpc) is 2.38. The zero-order valence-electron chi connectivity index (χ0n) is 12.0. The van der Waals surface area contributed by atoms with Gasteiger partial charge in [-0.15, -0.1) is 0 Å². The van der Waals surface area contributed by atoms with Crippen molar-refractivity contribution < 1.29 is 0 Å². The molecule has 1 N–H and O–H groups in total. The molecule has 0 aliphatic carbocycles. The summed E-state index contributed by atoms with van der Waals surface area (Å²) >= 11 is 0. The summed E-state index contributed by atoms with van der Waals surface area (Å²) < 4.78 is 0. The fraction of sp³-hybridized carbons (Fsp3) is 0.600. The topological polar surface area (TPSA) is 52.0 Å². The molecule has 4 heteroatoms. The molecule has 0 spiro atoms. The van der Waals surface area contributed by atoms with Crippen LogP contribution in [0.2, 0.25) is 0 Å². The monoisotopic (exact) mass is 258 g/mol. The van der Waals surface area contributed by atoms with Gasteiger partial charge in [-0.2, -0.15) is 5.26 Å². The van der Waals surface area contributed by atoms with E-state index >= 15 is 0 Å². The number of rotatable bonds is 3. The highest BCUT2D eigenvalue weighted by Crippen LogP contribution is 2.22. The molecule has 102 valence electrons. The SMILES string of the molecule is CCN1CCCC(Nc2cc(C)nc(C)c2C#N)C1. The van der Waals surface area contributed by atoms with Crippen molar-refractivity contribution in [3.63, 3.8) is 0 Å². The Morgan fingerprint density at radius 1 is 1.53 bits per heavy atom. The number of aromatic nitrogens is 1. The summed E-state index contributed by atoms with van der Waals surface area (Å²) in [6.45, 7) is 9.41. The first-order valence-corrected chi connectivity index (χ1v) is 7.01. The lowest BCUT2D eigenvalue weighted by Gasteiger charge is -2.33. The van der Waals surface area contributed by atoms with Crippen LogP contribution >= 0.6 is 0 Å². The largest absolute Gasteiger partial charge is 0.380 e. The van der Waals surface area contributed by atoms with E-state index in [1.54, 1.807) is 0 Å². The van der Waals surface area contributed by atoms with E-state index in [0.29, 0.717) is 11.6 Å². The number of aryl methyl sites for hydroxylation is 2. The Balaban J connectivity index is 2.17. The molecule has 1 saturated heterocycles. The Hall–Kier alpha value is -1.60. The third kappa shape index (κ3) is 3.24. The fourth-order valence-corrected chi connectivity index (χ4v) is 2.76. The molecule has 1 aromatic heterocycles. The minimum atomic E-state index is 0.432. The Labute approximate surface area is 115 Å². The quantitative estimate of drug-likeness (QED) is 0.905. The average molecular weight is 258 g/mol. The standard InChI is InChI=1S/C15H22N4/c1-4-19-7-5-6-13(10-19)18-15-8-11(2)17-12(3)14(15)9-16/h8,13H,4-7,10H2,1-3H3,(H,17,18). The van der Waals surface area contributed by atoms with Gasteiger partial charge in [-0.25, -0.2) is 0 Å². The maximum atomic E-state index is 9.28. The molecule has 2 heterocycles. The maximum absolute atomic E-state index is 9.28. The van der Waals surface area contributed by atoms with Crippen molar-refractivity contribution in [2.24, 2.45) is 0 Å². The van der Waals surface area contributed by atoms with Crippen molar-refractivity contribution in [2.75, 3.05) is 25.0 Å². The number of pyridine rings is 1. The third-order valence-electron chi connectivity index (χ3n) is 3.75. The van der Waals surface area contributed by atoms with E-state index in [1.165, 1.54) is 19.4 Å². The van der Waals surface area contributed by atoms with Gasteiger partial charge in [0.05, 0.1) is 16.9 Å². The van der Waals surface area contributed by atoms with Gasteiger partial charge in [0.25, 0.3) is 0 Å². The van der Waals surface area contributed by atoms with Gasteiger partial charge in [0.1, 0.15) is 6.07 Å². The van der Waals surface area contributed by atoms with Crippen LogP contribution in [0.1, 0.15) is 36.7 Å². The van der Waals surface area contributed by atoms with E-state index in [1.807, 2.05) is 19.9 Å². The lowest BCUT2D eigenvalue weighted by molar-refractivity contribution is 0.227. The molecule has 0 bridgehead atoms. The molecule has 0 amide bonds. The normalized spacial score (nSPS) is 20.0. The van der Waals surface area contributed by atoms with Crippen LogP contribution in [-0.4, -0.2) is 35.6 Å². The van der Waals surface area contributed by atoms with Gasteiger partial charge >= 0.3 is 0 Å². The number of piperidine rings is 1. The van der Waals surface area contributed by atoms with Crippen LogP contribution in [0, 0.1) is 25.2 Å². The van der Waals surface area contributed by atoms with Gasteiger partial charge < -0.3 is 10.2 Å². The Morgan fingerprint density at radius 2 is 2.32 bits per heavy atom. The molecule has 1 fully saturated rings. The predicted octanol–water partition coefficient (Wildman–Crippen LogP) is 2.47. The highest BCUT2D eigenvalue weighted by Gasteiger charge is 2.20. The van der Waals surface area contributed by atoms with E-state index in [-0.39, 0.29) is 0 Å². The van der Waals surface area contributed by atoms with Crippen LogP contribution < -0.4 is 5.32 Å². The van der Waals surface area contributed by atoms with Crippen molar-refractivity contribution in [1.29, 1.82) is 5.26 Å². The second-order valence-corrected chi connectivity index (χ2v) is 5.26. The van der Waals surface area contributed by atoms with Gasteiger partial charge in [0, 0.05) is 18.3 Å². The van der Waals surface area contributed by atoms with Gasteiger partial charge in [0.15, 0.2) is 0 Å². The Morgan fingerprint density at radius 3 is 3.00 bits per heavy atom. The number of nitrogens with zero attached hydrogens (tertiary/aromatic N) is 3. The summed E-state index contributed by atoms with van der Waals surface area (Å²) in [6, 6.07) is 4.68. The predicted molar refractivity (Wildman–Crippen MR) is 77.2 cm³/mol. The van der Waals surface area contributed by atoms with Crippen molar-refractivity contribution in [1.82, 2.24) is 9.88 Å². The number of hydrogen-bond acceptors (Lipinski definition) is 4. The zero-order chi connectivity index (χ0) is 13.8. The number of hydrogen-bond donors (Lipinski definition) is 1. The molecule has 2 rings (SSSR count). The van der Waals surface area contributed by atoms with Crippen LogP contribution in [0.5, 0.6) is 0 Å². The second kappa shape index (κ2) is 6.03. The highest BCUT2D eigenvalue weighted by atomic mass is 15.2. The number of likely N-dealkylation sites (N-methyl/N-ethyl adjacent to an activating group) is 1. The molecular formula is C15H22N4. The molecule has 4 nitrogen and oxygen atoms in total. The minimum Gasteiger partial charge on any atom is -0.380 e. The van der Waals surface area contributed by atoms with Crippen molar-refractivity contribution in [2.45, 2.75) is 39.7 Å². The summed E-state index contributed by atoms with van der Waals surface area (Å²) in [5.74, 6) is 0. The molecular weight excluding hydrogens is 236 g/mol. The fourth-order valence-electron chi connectivity index (χ4n) is 2.76. The van der Waals surface area contributed by atoms with E-state index in [2.05, 4.69) is 28.2 Å². The molecule has 1 aliphatic heterocycles. The van der Waals surface area contributed by atoms with Crippen LogP contribution in [0.4, 0.5) is 5.69 Å². The van der Waals surface area contributed by atoms with E-state index in [0.717, 1.165) is 30.2 Å². The van der Waals surface area contributed by atoms with Crippen LogP contribution in [0.3, 0.4) is 0 Å². The first kappa shape index (κ1) is 13.8. The molecule has 0 saturated carbocycles. The van der Waals surface area contributed by atoms with Gasteiger partial charge in [-0.05, 0) is 45.8 Å². The molecule has 1 aliphatic rings. The van der Waals surface area contributed by atoms with Crippen LogP contribution in [-0.2, 0) is 0 Å². The van der Waals surface area contributed by atoms with Crippen LogP contribution in [0.25, 0.3) is 0 Å². The van der Waals surface area contributed by atoms with Crippen molar-refractivity contribution in [3.05, 3.63) is 23.0 Å². The number of anilines is 1. The smallest absolute Gasteiger partial charge is 0.103 e. The summed E-state index contributed by atoms with van der Waals surface area (Å²) in [6.07, 6.45) is 2.39. The molecule has 0 aromatic carbocycles. The lowest BCUT2D eigenvalue weighted by Crippen LogP contribution is -2.42. The molecule has 0 radical (unpaired) electrons. The van der Waals surface area contributed by atoms with E-state index in [4.69, 9.17) is 0 Å². The summed E-state index contributed by atoms with van der Waals surface area (Å²) in [7, 11) is 0. The Kier molecular flexibility index (Phi) is 4.39. The van der Waals surface area contributed by atoms with Crippen molar-refractivity contribution in [3.8, 4) is 6.07 Å². The van der Waals surface area contributed by atoms with Gasteiger partial charge in [-0.1, -0.05) is 6.92 Å². The summed E-state index contributed by atoms with van der Waals surface area (Å²) in [5, 5.41) is 12.8. The Bertz CT molecular complexity index is 490. The molecule has 1 unspecified atom stereocenters. The third-order valence-corrected chi connectivity index (χ3v) is 3.75. The first-order valence-electron chi connectivity index (χ1n) is 7.01. The minimum absolute atomic E-state index is 0.432. The molecule has 1 atom stereocenters. The molecule has 19 heavy (non-hydrogen) atoms. The van der Waals surface area contributed by atoms with E-state index in [9.17, 15) is 5.26 Å². The van der Waals surface area contributed by atoms with Crippen LogP contribution in [0.15, 0.2) is 6.07 Å². The molecule has 1 aromatic rings. The second-order valence-electron chi connectivity index (χ2n) is 5.26. The first-order chi connectivity index (χ1) is 9.13. The van der Waals surface area contributed by atoms with E-state index < -0.39 is 0 Å².